The number of amides is 1. The molecule has 1 amide bonds. The van der Waals surface area contributed by atoms with Crippen molar-refractivity contribution in [1.29, 1.82) is 0 Å². The molecule has 1 aliphatic rings. The summed E-state index contributed by atoms with van der Waals surface area (Å²) in [6, 6.07) is 14.4. The zero-order chi connectivity index (χ0) is 26.2. The molecule has 2 bridgehead atoms. The highest BCUT2D eigenvalue weighted by Crippen LogP contribution is 2.25. The Morgan fingerprint density at radius 3 is 2.73 bits per heavy atom. The lowest BCUT2D eigenvalue weighted by Crippen LogP contribution is -2.31. The van der Waals surface area contributed by atoms with E-state index in [0.29, 0.717) is 44.3 Å². The molecule has 1 aromatic heterocycles. The molecule has 8 heteroatoms. The van der Waals surface area contributed by atoms with E-state index >= 15 is 0 Å². The molecule has 0 spiro atoms. The Morgan fingerprint density at radius 1 is 1.08 bits per heavy atom. The van der Waals surface area contributed by atoms with Gasteiger partial charge in [-0.2, -0.15) is 0 Å². The van der Waals surface area contributed by atoms with Gasteiger partial charge in [0.05, 0.1) is 30.3 Å². The molecule has 198 valence electrons. The Morgan fingerprint density at radius 2 is 1.92 bits per heavy atom. The Balaban J connectivity index is 1.54. The maximum Gasteiger partial charge on any atom is 0.251 e. The number of rotatable bonds is 6. The van der Waals surface area contributed by atoms with Crippen molar-refractivity contribution in [3.63, 3.8) is 0 Å². The van der Waals surface area contributed by atoms with Gasteiger partial charge in [0.2, 0.25) is 0 Å². The van der Waals surface area contributed by atoms with Crippen molar-refractivity contribution in [2.75, 3.05) is 32.9 Å². The monoisotopic (exact) mass is 522 g/mol. The summed E-state index contributed by atoms with van der Waals surface area (Å²) in [7, 11) is 0. The fraction of sp³-hybridized carbons (Fsp3) is 0.483. The first-order valence-electron chi connectivity index (χ1n) is 13.1. The molecule has 0 saturated heterocycles. The molecule has 3 aromatic rings. The van der Waals surface area contributed by atoms with E-state index in [9.17, 15) is 4.79 Å². The Bertz CT molecular complexity index is 1180. The van der Waals surface area contributed by atoms with Crippen LogP contribution in [0.4, 0.5) is 0 Å². The Hall–Kier alpha value is -2.81. The van der Waals surface area contributed by atoms with Crippen LogP contribution in [0.1, 0.15) is 71.2 Å². The van der Waals surface area contributed by atoms with E-state index in [0.717, 1.165) is 41.5 Å². The van der Waals surface area contributed by atoms with Crippen LogP contribution in [-0.4, -0.2) is 53.3 Å². The summed E-state index contributed by atoms with van der Waals surface area (Å²) in [5.74, 6) is 1.53. The largest absolute Gasteiger partial charge is 0.491 e. The number of nitrogens with zero attached hydrogens (tertiary/aromatic N) is 3. The van der Waals surface area contributed by atoms with Crippen LogP contribution in [0, 0.1) is 5.92 Å². The van der Waals surface area contributed by atoms with E-state index < -0.39 is 0 Å². The quantitative estimate of drug-likeness (QED) is 0.488. The van der Waals surface area contributed by atoms with E-state index in [1.54, 1.807) is 0 Å². The summed E-state index contributed by atoms with van der Waals surface area (Å²) >= 11 is 1.34. The number of hydrogen-bond donors (Lipinski definition) is 1. The molecule has 0 unspecified atom stereocenters. The van der Waals surface area contributed by atoms with Gasteiger partial charge in [-0.05, 0) is 58.3 Å². The smallest absolute Gasteiger partial charge is 0.251 e. The molecule has 0 saturated carbocycles. The van der Waals surface area contributed by atoms with Crippen molar-refractivity contribution in [1.82, 2.24) is 19.8 Å². The molecular formula is C29H38N4O3S. The molecule has 2 aromatic carbocycles. The number of nitrogens with one attached hydrogen (secondary N) is 1. The van der Waals surface area contributed by atoms with Crippen molar-refractivity contribution >= 4 is 17.4 Å². The molecule has 0 aliphatic carbocycles. The van der Waals surface area contributed by atoms with Crippen molar-refractivity contribution in [3.8, 4) is 5.75 Å². The van der Waals surface area contributed by atoms with Gasteiger partial charge in [-0.15, -0.1) is 5.10 Å². The zero-order valence-electron chi connectivity index (χ0n) is 22.3. The van der Waals surface area contributed by atoms with E-state index in [-0.39, 0.29) is 11.8 Å². The minimum atomic E-state index is -0.119. The van der Waals surface area contributed by atoms with Crippen LogP contribution >= 0.6 is 11.5 Å². The summed E-state index contributed by atoms with van der Waals surface area (Å²) in [4.78, 5) is 16.5. The van der Waals surface area contributed by atoms with Gasteiger partial charge >= 0.3 is 0 Å². The van der Waals surface area contributed by atoms with Gasteiger partial charge in [0, 0.05) is 31.6 Å². The number of ether oxygens (including phenoxy) is 2. The van der Waals surface area contributed by atoms with Crippen LogP contribution in [0.15, 0.2) is 42.5 Å². The molecule has 1 aliphatic heterocycles. The fourth-order valence-corrected chi connectivity index (χ4v) is 5.35. The highest BCUT2D eigenvalue weighted by atomic mass is 32.1. The predicted molar refractivity (Wildman–Crippen MR) is 147 cm³/mol. The second kappa shape index (κ2) is 13.1. The summed E-state index contributed by atoms with van der Waals surface area (Å²) in [5, 5.41) is 7.24. The molecule has 37 heavy (non-hydrogen) atoms. The van der Waals surface area contributed by atoms with Crippen LogP contribution in [-0.2, 0) is 24.2 Å². The van der Waals surface area contributed by atoms with E-state index in [4.69, 9.17) is 9.47 Å². The zero-order valence-corrected chi connectivity index (χ0v) is 23.1. The van der Waals surface area contributed by atoms with Gasteiger partial charge < -0.3 is 14.8 Å². The van der Waals surface area contributed by atoms with E-state index in [2.05, 4.69) is 71.8 Å². The number of aromatic nitrogens is 2. The van der Waals surface area contributed by atoms with Crippen molar-refractivity contribution in [2.45, 2.75) is 53.1 Å². The average molecular weight is 523 g/mol. The Labute approximate surface area is 224 Å². The first kappa shape index (κ1) is 27.2. The highest BCUT2D eigenvalue weighted by molar-refractivity contribution is 7.05. The van der Waals surface area contributed by atoms with Gasteiger partial charge in [-0.3, -0.25) is 9.69 Å². The minimum Gasteiger partial charge on any atom is -0.491 e. The normalized spacial score (nSPS) is 15.2. The lowest BCUT2D eigenvalue weighted by molar-refractivity contribution is 0.0746. The van der Waals surface area contributed by atoms with Crippen molar-refractivity contribution in [2.24, 2.45) is 5.92 Å². The average Bonchev–Trinajstić information content (AvgIpc) is 3.34. The minimum absolute atomic E-state index is 0.119. The number of fused-ring (bicyclic) bond motifs is 3. The van der Waals surface area contributed by atoms with Crippen LogP contribution in [0.2, 0.25) is 0 Å². The second-order valence-corrected chi connectivity index (χ2v) is 11.2. The molecule has 2 heterocycles. The third-order valence-electron chi connectivity index (χ3n) is 6.32. The molecule has 4 rings (SSSR count). The molecule has 0 radical (unpaired) electrons. The Kier molecular flexibility index (Phi) is 9.66. The topological polar surface area (TPSA) is 76.6 Å². The SMILES string of the molecule is CC(C)CN1CCOCCOc2ccc(C(=O)NCc3snnc3C(C)C)cc2Cc2cccc(c2)C1. The third kappa shape index (κ3) is 7.84. The van der Waals surface area contributed by atoms with Gasteiger partial charge in [-0.1, -0.05) is 56.4 Å². The maximum absolute atomic E-state index is 13.1. The summed E-state index contributed by atoms with van der Waals surface area (Å²) in [6.07, 6.45) is 0.686. The lowest BCUT2D eigenvalue weighted by Gasteiger charge is -2.25. The molecular weight excluding hydrogens is 484 g/mol. The number of benzene rings is 2. The highest BCUT2D eigenvalue weighted by Gasteiger charge is 2.16. The number of carbonyl (C=O) groups is 1. The summed E-state index contributed by atoms with van der Waals surface area (Å²) in [5.41, 5.74) is 5.03. The fourth-order valence-electron chi connectivity index (χ4n) is 4.61. The maximum atomic E-state index is 13.1. The molecule has 0 fully saturated rings. The van der Waals surface area contributed by atoms with Gasteiger partial charge in [0.25, 0.3) is 5.91 Å². The predicted octanol–water partition coefficient (Wildman–Crippen LogP) is 5.05. The van der Waals surface area contributed by atoms with Gasteiger partial charge in [-0.25, -0.2) is 0 Å². The standard InChI is InChI=1S/C29H38N4O3S/c1-20(2)18-33-10-11-35-12-13-36-26-9-8-24(16-25(26)15-22-6-5-7-23(14-22)19-33)29(34)30-17-27-28(21(3)4)31-32-37-27/h5-9,14,16,20-21H,10-13,15,17-19H2,1-4H3,(H,30,34). The van der Waals surface area contributed by atoms with Crippen LogP contribution in [0.25, 0.3) is 0 Å². The van der Waals surface area contributed by atoms with Crippen LogP contribution in [0.3, 0.4) is 0 Å². The summed E-state index contributed by atoms with van der Waals surface area (Å²) in [6.45, 7) is 13.6. The van der Waals surface area contributed by atoms with E-state index in [1.807, 2.05) is 18.2 Å². The molecule has 0 atom stereocenters. The lowest BCUT2D eigenvalue weighted by atomic mass is 9.99. The van der Waals surface area contributed by atoms with Crippen LogP contribution in [0.5, 0.6) is 5.75 Å². The van der Waals surface area contributed by atoms with Crippen molar-refractivity contribution < 1.29 is 14.3 Å². The second-order valence-electron chi connectivity index (χ2n) is 10.3. The van der Waals surface area contributed by atoms with Gasteiger partial charge in [0.1, 0.15) is 12.4 Å². The first-order chi connectivity index (χ1) is 17.9. The molecule has 7 nitrogen and oxygen atoms in total. The third-order valence-corrected chi connectivity index (χ3v) is 7.05. The molecule has 1 N–H and O–H groups in total. The van der Waals surface area contributed by atoms with Crippen LogP contribution < -0.4 is 10.1 Å². The van der Waals surface area contributed by atoms with Gasteiger partial charge in [0.15, 0.2) is 0 Å². The number of hydrogen-bond acceptors (Lipinski definition) is 7. The van der Waals surface area contributed by atoms with E-state index in [1.165, 1.54) is 22.7 Å². The first-order valence-corrected chi connectivity index (χ1v) is 13.9. The summed E-state index contributed by atoms with van der Waals surface area (Å²) < 4.78 is 16.0. The number of carbonyl (C=O) groups excluding carboxylic acids is 1. The van der Waals surface area contributed by atoms with Crippen molar-refractivity contribution in [3.05, 3.63) is 75.3 Å².